The van der Waals surface area contributed by atoms with Gasteiger partial charge in [0.1, 0.15) is 0 Å². The Bertz CT molecular complexity index is 55.2. The third-order valence-corrected chi connectivity index (χ3v) is 0.155. The lowest BCUT2D eigenvalue weighted by molar-refractivity contribution is -0.226. The van der Waals surface area contributed by atoms with Gasteiger partial charge in [0.25, 0.3) is 5.05 Å². The first-order valence-corrected chi connectivity index (χ1v) is 3.33. The van der Waals surface area contributed by atoms with Crippen molar-refractivity contribution in [2.75, 3.05) is 7.11 Å². The molecule has 0 rings (SSSR count). The summed E-state index contributed by atoms with van der Waals surface area (Å²) >= 11 is 1.86. The zero-order valence-electron chi connectivity index (χ0n) is 4.88. The second-order valence-corrected chi connectivity index (χ2v) is 0.516. The Morgan fingerprint density at radius 1 is 1.62 bits per heavy atom. The van der Waals surface area contributed by atoms with Crippen LogP contribution in [-0.4, -0.2) is 40.1 Å². The molecule has 8 heavy (non-hydrogen) atoms. The Labute approximate surface area is 60.1 Å². The van der Waals surface area contributed by atoms with Crippen molar-refractivity contribution in [1.82, 2.24) is 0 Å². The molecule has 0 saturated carbocycles. The normalized spacial score (nSPS) is 6.38. The van der Waals surface area contributed by atoms with E-state index >= 15 is 0 Å². The molecule has 1 N–H and O–H groups in total. The van der Waals surface area contributed by atoms with Crippen LogP contribution in [0.5, 0.6) is 0 Å². The highest BCUT2D eigenvalue weighted by Crippen LogP contribution is 1.69. The first-order valence-electron chi connectivity index (χ1n) is 1.91. The van der Waals surface area contributed by atoms with Crippen LogP contribution in [-0.2, 0) is 9.78 Å². The summed E-state index contributed by atoms with van der Waals surface area (Å²) in [7, 11) is 1.12. The highest BCUT2D eigenvalue weighted by atomic mass is 24.4. The Hall–Kier alpha value is -0.00377. The predicted molar refractivity (Wildman–Crippen MR) is 27.7 cm³/mol. The molecule has 0 aliphatic heterocycles. The van der Waals surface area contributed by atoms with Gasteiger partial charge in [-0.2, -0.15) is 4.89 Å². The number of hydrogen-bond acceptors (Lipinski definition) is 3. The molecule has 43 valence electrons. The van der Waals surface area contributed by atoms with E-state index in [0.29, 0.717) is 0 Å². The molecule has 0 unspecified atom stereocenters. The summed E-state index contributed by atoms with van der Waals surface area (Å²) in [6.45, 7) is 0. The summed E-state index contributed by atoms with van der Waals surface area (Å²) in [6.07, 6.45) is -1.43. The Morgan fingerprint density at radius 3 is 2.00 bits per heavy atom. The van der Waals surface area contributed by atoms with Gasteiger partial charge in [0.05, 0.1) is 7.11 Å². The van der Waals surface area contributed by atoms with E-state index in [4.69, 9.17) is 5.11 Å². The first-order chi connectivity index (χ1) is 3.77. The van der Waals surface area contributed by atoms with Crippen molar-refractivity contribution < 1.29 is 19.7 Å². The van der Waals surface area contributed by atoms with E-state index in [0.717, 1.165) is 7.11 Å². The smallest absolute Gasteiger partial charge is 0.448 e. The molecular weight excluding hydrogens is 124 g/mol. The number of hydrogen-bond donors (Lipinski definition) is 1. The van der Waals surface area contributed by atoms with Crippen LogP contribution in [0.2, 0.25) is 5.05 Å². The molecule has 0 saturated heterocycles. The summed E-state index contributed by atoms with van der Waals surface area (Å²) in [5, 5.41) is 9.59. The predicted octanol–water partition coefficient (Wildman–Crippen LogP) is 0.445. The molecule has 7 radical (unpaired) electrons. The standard InChI is InChI=1S/C2H4O4.CH3.Mg/c1-5-6-2(3)4;;/h1H3,(H,3,4);1H3;/q;;+2. The van der Waals surface area contributed by atoms with Gasteiger partial charge in [0.2, 0.25) is 0 Å². The third-order valence-electron chi connectivity index (χ3n) is 0.155. The topological polar surface area (TPSA) is 55.8 Å². The minimum atomic E-state index is -1.43. The Morgan fingerprint density at radius 2 is 2.00 bits per heavy atom. The lowest BCUT2D eigenvalue weighted by Crippen LogP contribution is -1.96. The van der Waals surface area contributed by atoms with Crippen molar-refractivity contribution in [1.29, 1.82) is 0 Å². The van der Waals surface area contributed by atoms with Crippen LogP contribution in [0.25, 0.3) is 0 Å². The van der Waals surface area contributed by atoms with Gasteiger partial charge < -0.3 is 5.11 Å². The van der Waals surface area contributed by atoms with E-state index in [-0.39, 0.29) is 0 Å². The van der Waals surface area contributed by atoms with Crippen LogP contribution in [0.15, 0.2) is 0 Å². The van der Waals surface area contributed by atoms with E-state index in [1.807, 2.05) is 26.8 Å². The van der Waals surface area contributed by atoms with Gasteiger partial charge in [-0.05, 0) is 0 Å². The minimum Gasteiger partial charge on any atom is -0.448 e. The molecule has 0 bridgehead atoms. The maximum atomic E-state index is 9.25. The Balaban J connectivity index is 0. The maximum Gasteiger partial charge on any atom is 1.41 e. The molecule has 5 heteroatoms. The van der Waals surface area contributed by atoms with E-state index < -0.39 is 6.16 Å². The molecule has 0 aromatic rings. The summed E-state index contributed by atoms with van der Waals surface area (Å²) in [4.78, 5) is 16.4. The molecule has 0 fully saturated rings. The summed E-state index contributed by atoms with van der Waals surface area (Å²) in [5.41, 5.74) is 0. The van der Waals surface area contributed by atoms with Gasteiger partial charge in [-0.25, -0.2) is 4.79 Å². The quantitative estimate of drug-likeness (QED) is 0.319. The van der Waals surface area contributed by atoms with E-state index in [1.165, 1.54) is 0 Å². The second-order valence-electron chi connectivity index (χ2n) is 0.516. The van der Waals surface area contributed by atoms with Gasteiger partial charge in [-0.1, -0.05) is 0 Å². The molecule has 0 spiro atoms. The molecule has 0 atom stereocenters. The number of rotatable bonds is 1. The maximum absolute atomic E-state index is 9.25. The van der Waals surface area contributed by atoms with Crippen LogP contribution in [0.1, 0.15) is 0 Å². The first kappa shape index (κ1) is 10.9. The van der Waals surface area contributed by atoms with Crippen molar-refractivity contribution >= 4 is 27.9 Å². The monoisotopic (exact) mass is 131 g/mol. The second kappa shape index (κ2) is 10.1. The molecule has 0 amide bonds. The van der Waals surface area contributed by atoms with Crippen LogP contribution in [0.3, 0.4) is 0 Å². The van der Waals surface area contributed by atoms with Crippen molar-refractivity contribution in [2.24, 2.45) is 0 Å². The molecule has 0 aromatic carbocycles. The van der Waals surface area contributed by atoms with E-state index in [1.54, 1.807) is 0 Å². The van der Waals surface area contributed by atoms with Crippen molar-refractivity contribution in [2.45, 2.75) is 5.05 Å². The number of carboxylic acid groups (broad SMARTS) is 1. The molecule has 0 aliphatic carbocycles. The van der Waals surface area contributed by atoms with Crippen molar-refractivity contribution in [3.8, 4) is 0 Å². The zero-order chi connectivity index (χ0) is 6.99. The SMILES string of the molecule is COOC(=O)O.[CH3][Mg+2]. The molecule has 0 aliphatic rings. The van der Waals surface area contributed by atoms with Gasteiger partial charge in [0.15, 0.2) is 0 Å². The average Bonchev–Trinajstić information content (AvgIpc) is 1.72. The molecule has 0 aromatic heterocycles. The van der Waals surface area contributed by atoms with Gasteiger partial charge in [-0.3, -0.25) is 4.89 Å². The van der Waals surface area contributed by atoms with Crippen molar-refractivity contribution in [3.05, 3.63) is 0 Å². The summed E-state index contributed by atoms with van der Waals surface area (Å²) in [5.74, 6) is 0. The third kappa shape index (κ3) is 16.7. The fraction of sp³-hybridized carbons (Fsp3) is 0.667. The molecular formula is C3H7MgO4+2. The minimum absolute atomic E-state index is 1.12. The van der Waals surface area contributed by atoms with Crippen molar-refractivity contribution in [3.63, 3.8) is 0 Å². The molecule has 4 nitrogen and oxygen atoms in total. The lowest BCUT2D eigenvalue weighted by atomic mass is 11.4. The van der Waals surface area contributed by atoms with E-state index in [2.05, 4.69) is 9.78 Å². The zero-order valence-corrected chi connectivity index (χ0v) is 6.29. The summed E-state index contributed by atoms with van der Waals surface area (Å²) < 4.78 is 0. The molecule has 0 heterocycles. The van der Waals surface area contributed by atoms with Crippen LogP contribution in [0, 0.1) is 0 Å². The fourth-order valence-corrected chi connectivity index (χ4v) is 0.0713. The highest BCUT2D eigenvalue weighted by Gasteiger charge is 1.99. The fourth-order valence-electron chi connectivity index (χ4n) is 0.0713. The highest BCUT2D eigenvalue weighted by molar-refractivity contribution is 6.05. The van der Waals surface area contributed by atoms with Crippen LogP contribution in [0.4, 0.5) is 4.79 Å². The van der Waals surface area contributed by atoms with E-state index in [9.17, 15) is 4.79 Å². The average molecular weight is 131 g/mol. The van der Waals surface area contributed by atoms with Gasteiger partial charge in [0, 0.05) is 0 Å². The lowest BCUT2D eigenvalue weighted by Gasteiger charge is -1.85. The summed E-state index contributed by atoms with van der Waals surface area (Å²) in [6, 6.07) is 0. The largest absolute Gasteiger partial charge is 1.41 e. The van der Waals surface area contributed by atoms with Gasteiger partial charge >= 0.3 is 27.9 Å². The van der Waals surface area contributed by atoms with Gasteiger partial charge in [-0.15, -0.1) is 0 Å². The number of carbonyl (C=O) groups is 1. The van der Waals surface area contributed by atoms with Crippen LogP contribution >= 0.6 is 0 Å². The Kier molecular flexibility index (Phi) is 13.7. The van der Waals surface area contributed by atoms with Crippen LogP contribution < -0.4 is 0 Å².